The fourth-order valence-corrected chi connectivity index (χ4v) is 0.869. The lowest BCUT2D eigenvalue weighted by atomic mass is 9.86. The minimum Gasteiger partial charge on any atom is -0.469 e. The maximum atomic E-state index is 11.5. The van der Waals surface area contributed by atoms with E-state index >= 15 is 0 Å². The van der Waals surface area contributed by atoms with Gasteiger partial charge in [0.25, 0.3) is 0 Å². The molecule has 13 heavy (non-hydrogen) atoms. The standard InChI is InChI=1S/C10H18O3/c1-7(9(12)13-5)6-8(11)10(2,3)4/h7H,6H2,1-5H3. The Morgan fingerprint density at radius 3 is 2.08 bits per heavy atom. The normalized spacial score (nSPS) is 13.6. The van der Waals surface area contributed by atoms with Crippen LogP contribution in [-0.2, 0) is 14.3 Å². The SMILES string of the molecule is COC(=O)C(C)CC(=O)C(C)(C)C. The molecule has 0 aliphatic rings. The number of carbonyl (C=O) groups is 2. The van der Waals surface area contributed by atoms with E-state index in [0.29, 0.717) is 0 Å². The van der Waals surface area contributed by atoms with E-state index in [4.69, 9.17) is 0 Å². The molecule has 0 radical (unpaired) electrons. The van der Waals surface area contributed by atoms with Gasteiger partial charge in [0.2, 0.25) is 0 Å². The molecular formula is C10H18O3. The molecule has 0 aromatic heterocycles. The summed E-state index contributed by atoms with van der Waals surface area (Å²) in [5, 5.41) is 0. The summed E-state index contributed by atoms with van der Waals surface area (Å²) in [5.41, 5.74) is -0.373. The summed E-state index contributed by atoms with van der Waals surface area (Å²) in [6, 6.07) is 0. The third kappa shape index (κ3) is 4.06. The summed E-state index contributed by atoms with van der Waals surface area (Å²) in [6.07, 6.45) is 0.260. The van der Waals surface area contributed by atoms with E-state index in [1.807, 2.05) is 20.8 Å². The molecule has 0 amide bonds. The van der Waals surface area contributed by atoms with Crippen molar-refractivity contribution < 1.29 is 14.3 Å². The molecule has 0 aromatic rings. The first-order valence-corrected chi connectivity index (χ1v) is 4.40. The van der Waals surface area contributed by atoms with Crippen LogP contribution in [0.4, 0.5) is 0 Å². The molecule has 0 bridgehead atoms. The molecule has 0 fully saturated rings. The third-order valence-electron chi connectivity index (χ3n) is 1.93. The lowest BCUT2D eigenvalue weighted by molar-refractivity contribution is -0.147. The van der Waals surface area contributed by atoms with Crippen LogP contribution in [0.1, 0.15) is 34.1 Å². The zero-order chi connectivity index (χ0) is 10.6. The Morgan fingerprint density at radius 1 is 1.31 bits per heavy atom. The van der Waals surface area contributed by atoms with Gasteiger partial charge in [-0.3, -0.25) is 9.59 Å². The second-order valence-electron chi connectivity index (χ2n) is 4.30. The van der Waals surface area contributed by atoms with Gasteiger partial charge in [-0.15, -0.1) is 0 Å². The van der Waals surface area contributed by atoms with Crippen molar-refractivity contribution in [2.45, 2.75) is 34.1 Å². The van der Waals surface area contributed by atoms with Crippen molar-refractivity contribution in [2.24, 2.45) is 11.3 Å². The topological polar surface area (TPSA) is 43.4 Å². The highest BCUT2D eigenvalue weighted by atomic mass is 16.5. The Kier molecular flexibility index (Phi) is 4.11. The van der Waals surface area contributed by atoms with Crippen molar-refractivity contribution in [1.82, 2.24) is 0 Å². The van der Waals surface area contributed by atoms with Crippen molar-refractivity contribution in [1.29, 1.82) is 0 Å². The van der Waals surface area contributed by atoms with Gasteiger partial charge in [0.15, 0.2) is 0 Å². The molecule has 0 heterocycles. The van der Waals surface area contributed by atoms with Gasteiger partial charge in [0.05, 0.1) is 13.0 Å². The highest BCUT2D eigenvalue weighted by Crippen LogP contribution is 2.20. The Morgan fingerprint density at radius 2 is 1.77 bits per heavy atom. The number of hydrogen-bond acceptors (Lipinski definition) is 3. The third-order valence-corrected chi connectivity index (χ3v) is 1.93. The van der Waals surface area contributed by atoms with E-state index in [-0.39, 0.29) is 29.5 Å². The van der Waals surface area contributed by atoms with Crippen LogP contribution < -0.4 is 0 Å². The van der Waals surface area contributed by atoms with Gasteiger partial charge >= 0.3 is 5.97 Å². The van der Waals surface area contributed by atoms with E-state index < -0.39 is 0 Å². The van der Waals surface area contributed by atoms with Crippen LogP contribution >= 0.6 is 0 Å². The summed E-state index contributed by atoms with van der Waals surface area (Å²) >= 11 is 0. The minimum absolute atomic E-state index is 0.0883. The Hall–Kier alpha value is -0.860. The number of methoxy groups -OCH3 is 1. The van der Waals surface area contributed by atoms with Crippen LogP contribution in [0.15, 0.2) is 0 Å². The van der Waals surface area contributed by atoms with Gasteiger partial charge < -0.3 is 4.74 Å². The smallest absolute Gasteiger partial charge is 0.308 e. The Bertz CT molecular complexity index is 201. The average Bonchev–Trinajstić information content (AvgIpc) is 2.01. The molecule has 0 spiro atoms. The molecule has 1 unspecified atom stereocenters. The number of rotatable bonds is 3. The van der Waals surface area contributed by atoms with E-state index in [2.05, 4.69) is 4.74 Å². The fourth-order valence-electron chi connectivity index (χ4n) is 0.869. The first-order chi connectivity index (χ1) is 5.79. The average molecular weight is 186 g/mol. The van der Waals surface area contributed by atoms with Crippen LogP contribution in [0.5, 0.6) is 0 Å². The molecule has 0 rings (SSSR count). The number of carbonyl (C=O) groups excluding carboxylic acids is 2. The monoisotopic (exact) mass is 186 g/mol. The van der Waals surface area contributed by atoms with E-state index in [0.717, 1.165) is 0 Å². The van der Waals surface area contributed by atoms with Crippen molar-refractivity contribution in [3.05, 3.63) is 0 Å². The molecule has 0 aliphatic carbocycles. The number of ether oxygens (including phenoxy) is 1. The van der Waals surface area contributed by atoms with Crippen LogP contribution in [0.3, 0.4) is 0 Å². The largest absolute Gasteiger partial charge is 0.469 e. The second kappa shape index (κ2) is 4.40. The van der Waals surface area contributed by atoms with Gasteiger partial charge in [0, 0.05) is 11.8 Å². The summed E-state index contributed by atoms with van der Waals surface area (Å²) in [5.74, 6) is -0.570. The first-order valence-electron chi connectivity index (χ1n) is 4.40. The Labute approximate surface area is 79.5 Å². The second-order valence-corrected chi connectivity index (χ2v) is 4.30. The lowest BCUT2D eigenvalue weighted by Crippen LogP contribution is -2.25. The summed E-state index contributed by atoms with van der Waals surface area (Å²) in [4.78, 5) is 22.5. The first kappa shape index (κ1) is 12.1. The number of Topliss-reactive ketones (excluding diaryl/α,β-unsaturated/α-hetero) is 1. The fraction of sp³-hybridized carbons (Fsp3) is 0.800. The molecular weight excluding hydrogens is 168 g/mol. The van der Waals surface area contributed by atoms with Crippen LogP contribution in [0, 0.1) is 11.3 Å². The molecule has 76 valence electrons. The molecule has 3 heteroatoms. The van der Waals surface area contributed by atoms with Gasteiger partial charge in [-0.2, -0.15) is 0 Å². The minimum atomic E-state index is -0.373. The van der Waals surface area contributed by atoms with Crippen molar-refractivity contribution in [3.63, 3.8) is 0 Å². The predicted molar refractivity (Wildman–Crippen MR) is 50.3 cm³/mol. The summed E-state index contributed by atoms with van der Waals surface area (Å²) in [6.45, 7) is 7.24. The number of ketones is 1. The van der Waals surface area contributed by atoms with Crippen molar-refractivity contribution >= 4 is 11.8 Å². The Balaban J connectivity index is 4.15. The molecule has 3 nitrogen and oxygen atoms in total. The number of esters is 1. The van der Waals surface area contributed by atoms with E-state index in [1.54, 1.807) is 6.92 Å². The van der Waals surface area contributed by atoms with Crippen LogP contribution in [0.2, 0.25) is 0 Å². The molecule has 0 saturated carbocycles. The highest BCUT2D eigenvalue weighted by molar-refractivity contribution is 5.87. The van der Waals surface area contributed by atoms with Gasteiger partial charge in [-0.1, -0.05) is 27.7 Å². The molecule has 0 saturated heterocycles. The van der Waals surface area contributed by atoms with E-state index in [9.17, 15) is 9.59 Å². The molecule has 0 aliphatic heterocycles. The lowest BCUT2D eigenvalue weighted by Gasteiger charge is -2.18. The van der Waals surface area contributed by atoms with Crippen molar-refractivity contribution in [3.8, 4) is 0 Å². The predicted octanol–water partition coefficient (Wildman–Crippen LogP) is 1.80. The maximum Gasteiger partial charge on any atom is 0.308 e. The summed E-state index contributed by atoms with van der Waals surface area (Å²) < 4.78 is 4.53. The van der Waals surface area contributed by atoms with Gasteiger partial charge in [0.1, 0.15) is 5.78 Å². The van der Waals surface area contributed by atoms with Gasteiger partial charge in [-0.25, -0.2) is 0 Å². The van der Waals surface area contributed by atoms with Crippen molar-refractivity contribution in [2.75, 3.05) is 7.11 Å². The van der Waals surface area contributed by atoms with Crippen LogP contribution in [0.25, 0.3) is 0 Å². The molecule has 0 N–H and O–H groups in total. The molecule has 0 aromatic carbocycles. The maximum absolute atomic E-state index is 11.5. The molecule has 1 atom stereocenters. The zero-order valence-electron chi connectivity index (χ0n) is 9.01. The summed E-state index contributed by atoms with van der Waals surface area (Å²) in [7, 11) is 1.33. The van der Waals surface area contributed by atoms with E-state index in [1.165, 1.54) is 7.11 Å². The number of hydrogen-bond donors (Lipinski definition) is 0. The highest BCUT2D eigenvalue weighted by Gasteiger charge is 2.25. The van der Waals surface area contributed by atoms with Gasteiger partial charge in [-0.05, 0) is 0 Å². The quantitative estimate of drug-likeness (QED) is 0.631. The zero-order valence-corrected chi connectivity index (χ0v) is 9.01. The van der Waals surface area contributed by atoms with Crippen LogP contribution in [-0.4, -0.2) is 18.9 Å².